The van der Waals surface area contributed by atoms with Gasteiger partial charge in [0.25, 0.3) is 5.91 Å². The standard InChI is InChI=1S/C16H21N3OS/c1-3-7-18-14-10-17-8-5-13(14)16(20)19-11-15-12(4-2)6-9-21-15/h5-6,8-10,18H,3-4,7,11H2,1-2H3,(H,19,20). The average molecular weight is 303 g/mol. The molecule has 0 unspecified atom stereocenters. The fraction of sp³-hybridized carbons (Fsp3) is 0.375. The smallest absolute Gasteiger partial charge is 0.253 e. The van der Waals surface area contributed by atoms with Gasteiger partial charge in [0.15, 0.2) is 0 Å². The van der Waals surface area contributed by atoms with Gasteiger partial charge in [0.05, 0.1) is 24.0 Å². The fourth-order valence-corrected chi connectivity index (χ4v) is 3.00. The minimum atomic E-state index is -0.0635. The molecule has 0 spiro atoms. The van der Waals surface area contributed by atoms with Gasteiger partial charge in [-0.2, -0.15) is 0 Å². The van der Waals surface area contributed by atoms with E-state index >= 15 is 0 Å². The highest BCUT2D eigenvalue weighted by Crippen LogP contribution is 2.18. The maximum Gasteiger partial charge on any atom is 0.253 e. The molecule has 2 heterocycles. The van der Waals surface area contributed by atoms with E-state index in [1.165, 1.54) is 10.4 Å². The van der Waals surface area contributed by atoms with E-state index in [1.807, 2.05) is 0 Å². The summed E-state index contributed by atoms with van der Waals surface area (Å²) in [5.41, 5.74) is 2.74. The van der Waals surface area contributed by atoms with E-state index in [0.717, 1.165) is 25.1 Å². The van der Waals surface area contributed by atoms with Crippen LogP contribution in [0.5, 0.6) is 0 Å². The van der Waals surface area contributed by atoms with Crippen molar-refractivity contribution >= 4 is 22.9 Å². The summed E-state index contributed by atoms with van der Waals surface area (Å²) in [5, 5.41) is 8.31. The second-order valence-electron chi connectivity index (χ2n) is 4.75. The van der Waals surface area contributed by atoms with Crippen molar-refractivity contribution in [1.29, 1.82) is 0 Å². The molecule has 0 bridgehead atoms. The molecule has 2 rings (SSSR count). The monoisotopic (exact) mass is 303 g/mol. The number of rotatable bonds is 7. The molecular weight excluding hydrogens is 282 g/mol. The molecule has 0 radical (unpaired) electrons. The van der Waals surface area contributed by atoms with Crippen LogP contribution in [0.4, 0.5) is 5.69 Å². The maximum atomic E-state index is 12.3. The van der Waals surface area contributed by atoms with Crippen LogP contribution in [0.25, 0.3) is 0 Å². The number of hydrogen-bond donors (Lipinski definition) is 2. The van der Waals surface area contributed by atoms with Gasteiger partial charge in [-0.3, -0.25) is 9.78 Å². The van der Waals surface area contributed by atoms with E-state index in [2.05, 4.69) is 40.9 Å². The number of thiophene rings is 1. The number of carbonyl (C=O) groups excluding carboxylic acids is 1. The van der Waals surface area contributed by atoms with Crippen molar-refractivity contribution in [2.24, 2.45) is 0 Å². The van der Waals surface area contributed by atoms with Gasteiger partial charge in [-0.25, -0.2) is 0 Å². The molecule has 1 amide bonds. The number of nitrogens with one attached hydrogen (secondary N) is 2. The molecule has 0 saturated carbocycles. The molecule has 0 saturated heterocycles. The minimum absolute atomic E-state index is 0.0635. The lowest BCUT2D eigenvalue weighted by Gasteiger charge is -2.11. The van der Waals surface area contributed by atoms with Gasteiger partial charge in [0.1, 0.15) is 0 Å². The van der Waals surface area contributed by atoms with Gasteiger partial charge in [-0.15, -0.1) is 11.3 Å². The number of aryl methyl sites for hydroxylation is 1. The third kappa shape index (κ3) is 4.04. The van der Waals surface area contributed by atoms with Crippen LogP contribution in [-0.2, 0) is 13.0 Å². The Morgan fingerprint density at radius 3 is 2.95 bits per heavy atom. The van der Waals surface area contributed by atoms with Crippen molar-refractivity contribution in [3.05, 3.63) is 45.9 Å². The van der Waals surface area contributed by atoms with E-state index in [-0.39, 0.29) is 5.91 Å². The SMILES string of the molecule is CCCNc1cnccc1C(=O)NCc1sccc1CC. The maximum absolute atomic E-state index is 12.3. The van der Waals surface area contributed by atoms with Crippen LogP contribution in [-0.4, -0.2) is 17.4 Å². The summed E-state index contributed by atoms with van der Waals surface area (Å²) >= 11 is 1.69. The Kier molecular flexibility index (Phi) is 5.75. The molecule has 2 aromatic rings. The lowest BCUT2D eigenvalue weighted by Crippen LogP contribution is -2.24. The highest BCUT2D eigenvalue weighted by molar-refractivity contribution is 7.10. The lowest BCUT2D eigenvalue weighted by atomic mass is 10.2. The number of amides is 1. The molecule has 21 heavy (non-hydrogen) atoms. The zero-order chi connectivity index (χ0) is 15.1. The second kappa shape index (κ2) is 7.78. The largest absolute Gasteiger partial charge is 0.383 e. The molecule has 0 aliphatic rings. The van der Waals surface area contributed by atoms with Gasteiger partial charge in [0.2, 0.25) is 0 Å². The third-order valence-corrected chi connectivity index (χ3v) is 4.22. The molecule has 0 atom stereocenters. The molecule has 0 aliphatic heterocycles. The molecule has 2 N–H and O–H groups in total. The van der Waals surface area contributed by atoms with Gasteiger partial charge < -0.3 is 10.6 Å². The minimum Gasteiger partial charge on any atom is -0.383 e. The van der Waals surface area contributed by atoms with Crippen LogP contribution in [0.2, 0.25) is 0 Å². The van der Waals surface area contributed by atoms with E-state index in [0.29, 0.717) is 12.1 Å². The van der Waals surface area contributed by atoms with Crippen LogP contribution >= 0.6 is 11.3 Å². The molecule has 0 fully saturated rings. The molecule has 2 aromatic heterocycles. The van der Waals surface area contributed by atoms with Gasteiger partial charge in [-0.1, -0.05) is 13.8 Å². The van der Waals surface area contributed by atoms with Crippen molar-refractivity contribution < 1.29 is 4.79 Å². The molecule has 4 nitrogen and oxygen atoms in total. The molecule has 0 aliphatic carbocycles. The van der Waals surface area contributed by atoms with E-state index < -0.39 is 0 Å². The Morgan fingerprint density at radius 2 is 2.19 bits per heavy atom. The molecule has 0 aromatic carbocycles. The van der Waals surface area contributed by atoms with Crippen molar-refractivity contribution in [2.75, 3.05) is 11.9 Å². The predicted molar refractivity (Wildman–Crippen MR) is 87.9 cm³/mol. The van der Waals surface area contributed by atoms with E-state index in [4.69, 9.17) is 0 Å². The second-order valence-corrected chi connectivity index (χ2v) is 5.75. The Labute approximate surface area is 129 Å². The van der Waals surface area contributed by atoms with E-state index in [9.17, 15) is 4.79 Å². The van der Waals surface area contributed by atoms with Gasteiger partial charge in [-0.05, 0) is 35.9 Å². The molecule has 112 valence electrons. The first-order valence-corrected chi connectivity index (χ1v) is 8.15. The number of anilines is 1. The van der Waals surface area contributed by atoms with Crippen LogP contribution in [0.1, 0.15) is 41.1 Å². The summed E-state index contributed by atoms with van der Waals surface area (Å²) in [6.07, 6.45) is 5.35. The van der Waals surface area contributed by atoms with Crippen molar-refractivity contribution in [1.82, 2.24) is 10.3 Å². The first kappa shape index (κ1) is 15.5. The summed E-state index contributed by atoms with van der Waals surface area (Å²) in [6, 6.07) is 3.87. The Bertz CT molecular complexity index is 595. The van der Waals surface area contributed by atoms with Crippen LogP contribution in [0, 0.1) is 0 Å². The van der Waals surface area contributed by atoms with Crippen molar-refractivity contribution in [3.8, 4) is 0 Å². The Balaban J connectivity index is 2.03. The normalized spacial score (nSPS) is 10.4. The highest BCUT2D eigenvalue weighted by atomic mass is 32.1. The van der Waals surface area contributed by atoms with Crippen LogP contribution in [0.3, 0.4) is 0 Å². The molecule has 5 heteroatoms. The summed E-state index contributed by atoms with van der Waals surface area (Å²) in [6.45, 7) is 5.63. The van der Waals surface area contributed by atoms with Crippen molar-refractivity contribution in [2.45, 2.75) is 33.2 Å². The quantitative estimate of drug-likeness (QED) is 0.823. The average Bonchev–Trinajstić information content (AvgIpc) is 2.98. The zero-order valence-corrected chi connectivity index (χ0v) is 13.3. The number of nitrogens with zero attached hydrogens (tertiary/aromatic N) is 1. The lowest BCUT2D eigenvalue weighted by molar-refractivity contribution is 0.0952. The van der Waals surface area contributed by atoms with Gasteiger partial charge in [0, 0.05) is 17.6 Å². The Morgan fingerprint density at radius 1 is 1.33 bits per heavy atom. The van der Waals surface area contributed by atoms with E-state index in [1.54, 1.807) is 29.8 Å². The summed E-state index contributed by atoms with van der Waals surface area (Å²) in [7, 11) is 0. The molecular formula is C16H21N3OS. The number of carbonyl (C=O) groups is 1. The predicted octanol–water partition coefficient (Wildman–Crippen LogP) is 3.46. The summed E-state index contributed by atoms with van der Waals surface area (Å²) < 4.78 is 0. The summed E-state index contributed by atoms with van der Waals surface area (Å²) in [4.78, 5) is 17.7. The van der Waals surface area contributed by atoms with Crippen LogP contribution < -0.4 is 10.6 Å². The Hall–Kier alpha value is -1.88. The van der Waals surface area contributed by atoms with Crippen molar-refractivity contribution in [3.63, 3.8) is 0 Å². The van der Waals surface area contributed by atoms with Gasteiger partial charge >= 0.3 is 0 Å². The third-order valence-electron chi connectivity index (χ3n) is 3.26. The zero-order valence-electron chi connectivity index (χ0n) is 12.5. The topological polar surface area (TPSA) is 54.0 Å². The van der Waals surface area contributed by atoms with Crippen LogP contribution in [0.15, 0.2) is 29.9 Å². The number of hydrogen-bond acceptors (Lipinski definition) is 4. The highest BCUT2D eigenvalue weighted by Gasteiger charge is 2.12. The number of aromatic nitrogens is 1. The fourth-order valence-electron chi connectivity index (χ4n) is 2.09. The first-order chi connectivity index (χ1) is 10.3. The first-order valence-electron chi connectivity index (χ1n) is 7.27. The summed E-state index contributed by atoms with van der Waals surface area (Å²) in [5.74, 6) is -0.0635. The number of pyridine rings is 1.